The molecule has 0 saturated carbocycles. The minimum Gasteiger partial charge on any atom is -0.484 e. The minimum atomic E-state index is 0.0111. The monoisotopic (exact) mass is 204 g/mol. The fourth-order valence-electron chi connectivity index (χ4n) is 2.73. The van der Waals surface area contributed by atoms with Crippen molar-refractivity contribution in [3.8, 4) is 5.75 Å². The molecule has 1 N–H and O–H groups in total. The fraction of sp³-hybridized carbons (Fsp3) is 0.583. The maximum atomic E-state index is 6.06. The lowest BCUT2D eigenvalue weighted by atomic mass is 9.95. The lowest BCUT2D eigenvalue weighted by molar-refractivity contribution is 0.115. The Morgan fingerprint density at radius 3 is 3.20 bits per heavy atom. The van der Waals surface area contributed by atoms with E-state index in [1.807, 2.05) is 13.1 Å². The smallest absolute Gasteiger partial charge is 0.141 e. The van der Waals surface area contributed by atoms with Gasteiger partial charge in [0.2, 0.25) is 0 Å². The molecule has 1 aromatic rings. The van der Waals surface area contributed by atoms with E-state index < -0.39 is 0 Å². The summed E-state index contributed by atoms with van der Waals surface area (Å²) in [5.41, 5.74) is 2.41. The SMILES string of the molecule is Cc1cc2c(cn1)OC1(CNC(C)C1)C2. The van der Waals surface area contributed by atoms with E-state index in [0.717, 1.165) is 30.8 Å². The van der Waals surface area contributed by atoms with Gasteiger partial charge in [0.1, 0.15) is 11.4 Å². The molecular formula is C12H16N2O. The Hall–Kier alpha value is -1.09. The summed E-state index contributed by atoms with van der Waals surface area (Å²) in [6.07, 6.45) is 3.99. The first-order valence-corrected chi connectivity index (χ1v) is 5.55. The Balaban J connectivity index is 1.92. The van der Waals surface area contributed by atoms with Crippen molar-refractivity contribution in [1.29, 1.82) is 0 Å². The van der Waals surface area contributed by atoms with Gasteiger partial charge < -0.3 is 10.1 Å². The number of aryl methyl sites for hydroxylation is 1. The normalized spacial score (nSPS) is 33.1. The zero-order valence-corrected chi connectivity index (χ0v) is 9.21. The van der Waals surface area contributed by atoms with Crippen LogP contribution < -0.4 is 10.1 Å². The van der Waals surface area contributed by atoms with Crippen LogP contribution in [0.25, 0.3) is 0 Å². The van der Waals surface area contributed by atoms with E-state index in [1.165, 1.54) is 5.56 Å². The average molecular weight is 204 g/mol. The third kappa shape index (κ3) is 1.42. The van der Waals surface area contributed by atoms with E-state index in [2.05, 4.69) is 23.3 Å². The van der Waals surface area contributed by atoms with Crippen LogP contribution in [-0.2, 0) is 6.42 Å². The van der Waals surface area contributed by atoms with Crippen LogP contribution in [0, 0.1) is 6.92 Å². The van der Waals surface area contributed by atoms with Crippen molar-refractivity contribution >= 4 is 0 Å². The van der Waals surface area contributed by atoms with Crippen molar-refractivity contribution in [2.75, 3.05) is 6.54 Å². The minimum absolute atomic E-state index is 0.0111. The Morgan fingerprint density at radius 1 is 1.60 bits per heavy atom. The maximum Gasteiger partial charge on any atom is 0.141 e. The first kappa shape index (κ1) is 9.16. The first-order valence-electron chi connectivity index (χ1n) is 5.55. The van der Waals surface area contributed by atoms with E-state index in [4.69, 9.17) is 4.74 Å². The van der Waals surface area contributed by atoms with Gasteiger partial charge in [-0.3, -0.25) is 4.98 Å². The van der Waals surface area contributed by atoms with Gasteiger partial charge >= 0.3 is 0 Å². The van der Waals surface area contributed by atoms with Crippen LogP contribution in [0.4, 0.5) is 0 Å². The van der Waals surface area contributed by atoms with E-state index in [0.29, 0.717) is 6.04 Å². The second kappa shape index (κ2) is 2.95. The van der Waals surface area contributed by atoms with Crippen LogP contribution in [-0.4, -0.2) is 23.2 Å². The largest absolute Gasteiger partial charge is 0.484 e. The van der Waals surface area contributed by atoms with Gasteiger partial charge in [-0.1, -0.05) is 0 Å². The molecule has 2 aliphatic rings. The molecule has 1 aromatic heterocycles. The summed E-state index contributed by atoms with van der Waals surface area (Å²) in [5, 5.41) is 3.46. The van der Waals surface area contributed by atoms with Crippen LogP contribution >= 0.6 is 0 Å². The molecule has 1 spiro atoms. The number of hydrogen-bond donors (Lipinski definition) is 1. The lowest BCUT2D eigenvalue weighted by Crippen LogP contribution is -2.36. The van der Waals surface area contributed by atoms with Crippen LogP contribution in [0.3, 0.4) is 0 Å². The zero-order chi connectivity index (χ0) is 10.5. The summed E-state index contributed by atoms with van der Waals surface area (Å²) in [6.45, 7) is 5.20. The molecule has 0 radical (unpaired) electrons. The summed E-state index contributed by atoms with van der Waals surface area (Å²) in [6, 6.07) is 2.71. The summed E-state index contributed by atoms with van der Waals surface area (Å²) in [7, 11) is 0. The molecular weight excluding hydrogens is 188 g/mol. The molecule has 3 heterocycles. The second-order valence-corrected chi connectivity index (χ2v) is 4.88. The van der Waals surface area contributed by atoms with Crippen molar-refractivity contribution in [3.63, 3.8) is 0 Å². The van der Waals surface area contributed by atoms with Crippen LogP contribution in [0.15, 0.2) is 12.3 Å². The van der Waals surface area contributed by atoms with Crippen LogP contribution in [0.2, 0.25) is 0 Å². The number of nitrogens with zero attached hydrogens (tertiary/aromatic N) is 1. The fourth-order valence-corrected chi connectivity index (χ4v) is 2.73. The zero-order valence-electron chi connectivity index (χ0n) is 9.21. The van der Waals surface area contributed by atoms with Gasteiger partial charge in [0.05, 0.1) is 6.20 Å². The van der Waals surface area contributed by atoms with Gasteiger partial charge in [-0.25, -0.2) is 0 Å². The van der Waals surface area contributed by atoms with Gasteiger partial charge in [0, 0.05) is 36.7 Å². The summed E-state index contributed by atoms with van der Waals surface area (Å²) in [5.74, 6) is 0.983. The van der Waals surface area contributed by atoms with Crippen LogP contribution in [0.5, 0.6) is 5.75 Å². The molecule has 0 aromatic carbocycles. The highest BCUT2D eigenvalue weighted by molar-refractivity contribution is 5.39. The summed E-state index contributed by atoms with van der Waals surface area (Å²) >= 11 is 0. The van der Waals surface area contributed by atoms with E-state index in [1.54, 1.807) is 0 Å². The molecule has 2 atom stereocenters. The maximum absolute atomic E-state index is 6.06. The quantitative estimate of drug-likeness (QED) is 0.694. The van der Waals surface area contributed by atoms with Gasteiger partial charge in [0.15, 0.2) is 0 Å². The lowest BCUT2D eigenvalue weighted by Gasteiger charge is -2.21. The predicted octanol–water partition coefficient (Wildman–Crippen LogP) is 1.45. The van der Waals surface area contributed by atoms with Crippen LogP contribution in [0.1, 0.15) is 24.6 Å². The molecule has 15 heavy (non-hydrogen) atoms. The summed E-state index contributed by atoms with van der Waals surface area (Å²) < 4.78 is 6.06. The van der Waals surface area contributed by atoms with E-state index in [9.17, 15) is 0 Å². The molecule has 80 valence electrons. The van der Waals surface area contributed by atoms with Crippen molar-refractivity contribution in [2.24, 2.45) is 0 Å². The molecule has 2 aliphatic heterocycles. The van der Waals surface area contributed by atoms with Crippen molar-refractivity contribution in [2.45, 2.75) is 38.3 Å². The number of pyridine rings is 1. The van der Waals surface area contributed by atoms with Gasteiger partial charge in [0.25, 0.3) is 0 Å². The number of aromatic nitrogens is 1. The number of fused-ring (bicyclic) bond motifs is 1. The number of rotatable bonds is 0. The van der Waals surface area contributed by atoms with E-state index >= 15 is 0 Å². The van der Waals surface area contributed by atoms with Gasteiger partial charge in [-0.2, -0.15) is 0 Å². The molecule has 3 nitrogen and oxygen atoms in total. The predicted molar refractivity (Wildman–Crippen MR) is 58.1 cm³/mol. The third-order valence-corrected chi connectivity index (χ3v) is 3.38. The summed E-state index contributed by atoms with van der Waals surface area (Å²) in [4.78, 5) is 4.28. The Labute approximate surface area is 89.9 Å². The highest BCUT2D eigenvalue weighted by Crippen LogP contribution is 2.39. The Morgan fingerprint density at radius 2 is 2.47 bits per heavy atom. The highest BCUT2D eigenvalue weighted by Gasteiger charge is 2.44. The van der Waals surface area contributed by atoms with Crippen molar-refractivity contribution < 1.29 is 4.74 Å². The topological polar surface area (TPSA) is 34.1 Å². The number of ether oxygens (including phenoxy) is 1. The molecule has 0 bridgehead atoms. The highest BCUT2D eigenvalue weighted by atomic mass is 16.5. The Kier molecular flexibility index (Phi) is 1.80. The average Bonchev–Trinajstić information content (AvgIpc) is 2.69. The first-order chi connectivity index (χ1) is 7.17. The molecule has 1 saturated heterocycles. The molecule has 0 aliphatic carbocycles. The number of hydrogen-bond acceptors (Lipinski definition) is 3. The van der Waals surface area contributed by atoms with E-state index in [-0.39, 0.29) is 5.60 Å². The molecule has 3 heteroatoms. The molecule has 2 unspecified atom stereocenters. The third-order valence-electron chi connectivity index (χ3n) is 3.38. The Bertz CT molecular complexity index is 405. The van der Waals surface area contributed by atoms with Crippen molar-refractivity contribution in [1.82, 2.24) is 10.3 Å². The number of nitrogens with one attached hydrogen (secondary N) is 1. The molecule has 3 rings (SSSR count). The standard InChI is InChI=1S/C12H16N2O/c1-8-3-10-5-12(4-9(2)14-7-12)15-11(10)6-13-8/h3,6,9,14H,4-5,7H2,1-2H3. The van der Waals surface area contributed by atoms with Gasteiger partial charge in [-0.15, -0.1) is 0 Å². The van der Waals surface area contributed by atoms with Gasteiger partial charge in [-0.05, 0) is 19.9 Å². The van der Waals surface area contributed by atoms with Crippen molar-refractivity contribution in [3.05, 3.63) is 23.5 Å². The molecule has 1 fully saturated rings. The second-order valence-electron chi connectivity index (χ2n) is 4.88. The molecule has 0 amide bonds.